The lowest BCUT2D eigenvalue weighted by Crippen LogP contribution is -2.43. The van der Waals surface area contributed by atoms with Crippen molar-refractivity contribution < 1.29 is 20.1 Å². The van der Waals surface area contributed by atoms with Crippen LogP contribution in [0.2, 0.25) is 0 Å². The molecule has 0 aromatic heterocycles. The fraction of sp³-hybridized carbons (Fsp3) is 0.308. The second kappa shape index (κ2) is 6.90. The maximum absolute atomic E-state index is 10.4. The van der Waals surface area contributed by atoms with E-state index in [0.717, 1.165) is 5.56 Å². The molecule has 1 aromatic carbocycles. The van der Waals surface area contributed by atoms with E-state index in [2.05, 4.69) is 0 Å². The summed E-state index contributed by atoms with van der Waals surface area (Å²) in [5, 5.41) is 27.8. The Bertz CT molecular complexity index is 405. The van der Waals surface area contributed by atoms with Gasteiger partial charge in [0.25, 0.3) is 0 Å². The molecule has 0 saturated carbocycles. The van der Waals surface area contributed by atoms with Crippen LogP contribution in [-0.4, -0.2) is 39.5 Å². The SMILES string of the molecule is NC(CC(=O)O)C(O)C(O)/C=C/c1ccccc1. The zero-order valence-electron chi connectivity index (χ0n) is 9.81. The molecule has 0 radical (unpaired) electrons. The van der Waals surface area contributed by atoms with Gasteiger partial charge in [0, 0.05) is 6.04 Å². The van der Waals surface area contributed by atoms with E-state index in [9.17, 15) is 15.0 Å². The number of hydrogen-bond acceptors (Lipinski definition) is 4. The lowest BCUT2D eigenvalue weighted by molar-refractivity contribution is -0.138. The molecule has 0 aliphatic rings. The Kier molecular flexibility index (Phi) is 5.51. The summed E-state index contributed by atoms with van der Waals surface area (Å²) in [6, 6.07) is 8.24. The van der Waals surface area contributed by atoms with Gasteiger partial charge in [0.05, 0.1) is 18.6 Å². The Morgan fingerprint density at radius 1 is 1.28 bits per heavy atom. The van der Waals surface area contributed by atoms with Gasteiger partial charge < -0.3 is 21.1 Å². The third kappa shape index (κ3) is 4.67. The zero-order chi connectivity index (χ0) is 13.5. The molecule has 0 fully saturated rings. The van der Waals surface area contributed by atoms with Crippen LogP contribution in [0.15, 0.2) is 36.4 Å². The van der Waals surface area contributed by atoms with Crippen molar-refractivity contribution in [1.82, 2.24) is 0 Å². The van der Waals surface area contributed by atoms with Crippen LogP contribution in [-0.2, 0) is 4.79 Å². The molecule has 3 atom stereocenters. The Balaban J connectivity index is 2.56. The molecule has 18 heavy (non-hydrogen) atoms. The van der Waals surface area contributed by atoms with Crippen LogP contribution in [0, 0.1) is 0 Å². The predicted molar refractivity (Wildman–Crippen MR) is 67.7 cm³/mol. The quantitative estimate of drug-likeness (QED) is 0.579. The van der Waals surface area contributed by atoms with E-state index in [1.54, 1.807) is 6.08 Å². The standard InChI is InChI=1S/C13H17NO4/c14-10(8-12(16)17)13(18)11(15)7-6-9-4-2-1-3-5-9/h1-7,10-11,13,15,18H,8,14H2,(H,16,17)/b7-6+. The molecular formula is C13H17NO4. The minimum atomic E-state index is -1.30. The average Bonchev–Trinajstić information content (AvgIpc) is 2.35. The first-order chi connectivity index (χ1) is 8.50. The average molecular weight is 251 g/mol. The summed E-state index contributed by atoms with van der Waals surface area (Å²) in [6.45, 7) is 0. The number of aliphatic hydroxyl groups excluding tert-OH is 2. The summed E-state index contributed by atoms with van der Waals surface area (Å²) in [7, 11) is 0. The van der Waals surface area contributed by atoms with Crippen LogP contribution in [0.1, 0.15) is 12.0 Å². The van der Waals surface area contributed by atoms with Crippen molar-refractivity contribution >= 4 is 12.0 Å². The molecular weight excluding hydrogens is 234 g/mol. The monoisotopic (exact) mass is 251 g/mol. The van der Waals surface area contributed by atoms with Crippen molar-refractivity contribution in [3.05, 3.63) is 42.0 Å². The molecule has 98 valence electrons. The molecule has 0 spiro atoms. The number of aliphatic carboxylic acids is 1. The van der Waals surface area contributed by atoms with Gasteiger partial charge >= 0.3 is 5.97 Å². The number of nitrogens with two attached hydrogens (primary N) is 1. The highest BCUT2D eigenvalue weighted by molar-refractivity contribution is 5.67. The smallest absolute Gasteiger partial charge is 0.305 e. The Morgan fingerprint density at radius 3 is 2.44 bits per heavy atom. The van der Waals surface area contributed by atoms with Gasteiger partial charge in [-0.2, -0.15) is 0 Å². The largest absolute Gasteiger partial charge is 0.481 e. The van der Waals surface area contributed by atoms with Crippen molar-refractivity contribution in [3.8, 4) is 0 Å². The van der Waals surface area contributed by atoms with Gasteiger partial charge in [0.2, 0.25) is 0 Å². The highest BCUT2D eigenvalue weighted by Gasteiger charge is 2.23. The van der Waals surface area contributed by atoms with Gasteiger partial charge in [-0.3, -0.25) is 4.79 Å². The van der Waals surface area contributed by atoms with Gasteiger partial charge in [-0.1, -0.05) is 42.5 Å². The third-order valence-corrected chi connectivity index (χ3v) is 2.48. The van der Waals surface area contributed by atoms with E-state index in [1.807, 2.05) is 30.3 Å². The summed E-state index contributed by atoms with van der Waals surface area (Å²) < 4.78 is 0. The van der Waals surface area contributed by atoms with E-state index >= 15 is 0 Å². The molecule has 0 heterocycles. The van der Waals surface area contributed by atoms with Crippen molar-refractivity contribution in [1.29, 1.82) is 0 Å². The molecule has 5 N–H and O–H groups in total. The van der Waals surface area contributed by atoms with Crippen molar-refractivity contribution in [2.45, 2.75) is 24.7 Å². The van der Waals surface area contributed by atoms with Crippen LogP contribution in [0.25, 0.3) is 6.08 Å². The molecule has 0 amide bonds. The van der Waals surface area contributed by atoms with Gasteiger partial charge in [0.1, 0.15) is 0 Å². The number of aliphatic hydroxyl groups is 2. The summed E-state index contributed by atoms with van der Waals surface area (Å²) >= 11 is 0. The highest BCUT2D eigenvalue weighted by Crippen LogP contribution is 2.07. The predicted octanol–water partition coefficient (Wildman–Crippen LogP) is 0.224. The van der Waals surface area contributed by atoms with E-state index in [1.165, 1.54) is 6.08 Å². The number of carboxylic acids is 1. The molecule has 3 unspecified atom stereocenters. The number of hydrogen-bond donors (Lipinski definition) is 4. The molecule has 5 heteroatoms. The van der Waals surface area contributed by atoms with Crippen LogP contribution in [0.3, 0.4) is 0 Å². The van der Waals surface area contributed by atoms with Gasteiger partial charge in [0.15, 0.2) is 0 Å². The Morgan fingerprint density at radius 2 is 1.89 bits per heavy atom. The Hall–Kier alpha value is -1.69. The first-order valence-corrected chi connectivity index (χ1v) is 5.57. The molecule has 1 aromatic rings. The molecule has 1 rings (SSSR count). The number of carbonyl (C=O) groups is 1. The van der Waals surface area contributed by atoms with E-state index in [4.69, 9.17) is 10.8 Å². The molecule has 0 saturated heterocycles. The summed E-state index contributed by atoms with van der Waals surface area (Å²) in [5.74, 6) is -1.11. The van der Waals surface area contributed by atoms with Gasteiger partial charge in [-0.05, 0) is 5.56 Å². The normalized spacial score (nSPS) is 16.4. The highest BCUT2D eigenvalue weighted by atomic mass is 16.4. The summed E-state index contributed by atoms with van der Waals surface area (Å²) in [5.41, 5.74) is 6.33. The van der Waals surface area contributed by atoms with Crippen molar-refractivity contribution in [2.24, 2.45) is 5.73 Å². The van der Waals surface area contributed by atoms with Crippen molar-refractivity contribution in [3.63, 3.8) is 0 Å². The second-order valence-electron chi connectivity index (χ2n) is 4.01. The van der Waals surface area contributed by atoms with Crippen LogP contribution < -0.4 is 5.73 Å². The zero-order valence-corrected chi connectivity index (χ0v) is 9.81. The number of carboxylic acid groups (broad SMARTS) is 1. The summed E-state index contributed by atoms with van der Waals surface area (Å²) in [4.78, 5) is 10.4. The van der Waals surface area contributed by atoms with Gasteiger partial charge in [-0.25, -0.2) is 0 Å². The third-order valence-electron chi connectivity index (χ3n) is 2.48. The maximum Gasteiger partial charge on any atom is 0.305 e. The molecule has 0 aliphatic heterocycles. The maximum atomic E-state index is 10.4. The molecule has 5 nitrogen and oxygen atoms in total. The number of rotatable bonds is 6. The minimum Gasteiger partial charge on any atom is -0.481 e. The fourth-order valence-corrected chi connectivity index (χ4v) is 1.46. The first-order valence-electron chi connectivity index (χ1n) is 5.57. The van der Waals surface area contributed by atoms with E-state index in [0.29, 0.717) is 0 Å². The molecule has 0 bridgehead atoms. The Labute approximate surface area is 105 Å². The van der Waals surface area contributed by atoms with E-state index < -0.39 is 30.6 Å². The van der Waals surface area contributed by atoms with Crippen LogP contribution in [0.4, 0.5) is 0 Å². The minimum absolute atomic E-state index is 0.391. The van der Waals surface area contributed by atoms with Gasteiger partial charge in [-0.15, -0.1) is 0 Å². The van der Waals surface area contributed by atoms with Crippen LogP contribution in [0.5, 0.6) is 0 Å². The number of benzene rings is 1. The first kappa shape index (κ1) is 14.4. The fourth-order valence-electron chi connectivity index (χ4n) is 1.46. The molecule has 0 aliphatic carbocycles. The lowest BCUT2D eigenvalue weighted by Gasteiger charge is -2.20. The van der Waals surface area contributed by atoms with Crippen LogP contribution >= 0.6 is 0 Å². The van der Waals surface area contributed by atoms with Crippen molar-refractivity contribution in [2.75, 3.05) is 0 Å². The topological polar surface area (TPSA) is 104 Å². The lowest BCUT2D eigenvalue weighted by atomic mass is 10.0. The second-order valence-corrected chi connectivity index (χ2v) is 4.01. The summed E-state index contributed by atoms with van der Waals surface area (Å²) in [6.07, 6.45) is 0.140. The van der Waals surface area contributed by atoms with E-state index in [-0.39, 0.29) is 0 Å².